The minimum Gasteiger partial charge on any atom is -0.349 e. The SMILES string of the molecule is CCn1c(C)cc(C(=O)N2CCCC(c3nc(C)cs3)C2)c1C. The molecule has 1 saturated heterocycles. The van der Waals surface area contributed by atoms with E-state index in [-0.39, 0.29) is 5.91 Å². The lowest BCUT2D eigenvalue weighted by Gasteiger charge is -2.32. The number of carbonyl (C=O) groups excluding carboxylic acids is 1. The highest BCUT2D eigenvalue weighted by molar-refractivity contribution is 7.09. The van der Waals surface area contributed by atoms with E-state index in [1.165, 1.54) is 5.01 Å². The number of likely N-dealkylation sites (tertiary alicyclic amines) is 1. The van der Waals surface area contributed by atoms with Gasteiger partial charge in [0.15, 0.2) is 0 Å². The number of thiazole rings is 1. The molecule has 1 fully saturated rings. The van der Waals surface area contributed by atoms with Crippen molar-refractivity contribution >= 4 is 17.2 Å². The van der Waals surface area contributed by atoms with E-state index in [2.05, 4.69) is 35.7 Å². The van der Waals surface area contributed by atoms with Gasteiger partial charge in [0.25, 0.3) is 5.91 Å². The monoisotopic (exact) mass is 331 g/mol. The third-order valence-electron chi connectivity index (χ3n) is 4.81. The number of hydrogen-bond acceptors (Lipinski definition) is 3. The van der Waals surface area contributed by atoms with Crippen molar-refractivity contribution in [3.05, 3.63) is 39.1 Å². The fourth-order valence-corrected chi connectivity index (χ4v) is 4.52. The molecule has 0 aliphatic carbocycles. The van der Waals surface area contributed by atoms with Crippen LogP contribution in [0.25, 0.3) is 0 Å². The molecule has 23 heavy (non-hydrogen) atoms. The number of rotatable bonds is 3. The average molecular weight is 331 g/mol. The third-order valence-corrected chi connectivity index (χ3v) is 5.94. The Balaban J connectivity index is 1.80. The van der Waals surface area contributed by atoms with E-state index in [1.807, 2.05) is 17.9 Å². The summed E-state index contributed by atoms with van der Waals surface area (Å²) in [6.45, 7) is 10.8. The van der Waals surface area contributed by atoms with Crippen LogP contribution in [0.1, 0.15) is 58.1 Å². The van der Waals surface area contributed by atoms with Gasteiger partial charge < -0.3 is 9.47 Å². The van der Waals surface area contributed by atoms with Gasteiger partial charge in [0.2, 0.25) is 0 Å². The number of aromatic nitrogens is 2. The molecule has 1 amide bonds. The van der Waals surface area contributed by atoms with Crippen LogP contribution in [0, 0.1) is 20.8 Å². The Morgan fingerprint density at radius 3 is 2.78 bits per heavy atom. The Morgan fingerprint density at radius 1 is 1.39 bits per heavy atom. The average Bonchev–Trinajstić information content (AvgIpc) is 3.10. The first-order valence-corrected chi connectivity index (χ1v) is 9.27. The molecule has 1 unspecified atom stereocenters. The summed E-state index contributed by atoms with van der Waals surface area (Å²) in [5, 5.41) is 3.28. The molecule has 1 aliphatic heterocycles. The molecule has 0 bridgehead atoms. The number of amides is 1. The Bertz CT molecular complexity index is 716. The van der Waals surface area contributed by atoms with Gasteiger partial charge in [0, 0.05) is 48.0 Å². The minimum absolute atomic E-state index is 0.177. The second kappa shape index (κ2) is 6.48. The molecule has 3 rings (SSSR count). The summed E-state index contributed by atoms with van der Waals surface area (Å²) in [7, 11) is 0. The Kier molecular flexibility index (Phi) is 4.57. The molecule has 0 aromatic carbocycles. The molecule has 124 valence electrons. The van der Waals surface area contributed by atoms with Crippen molar-refractivity contribution in [2.24, 2.45) is 0 Å². The Labute approximate surface area is 142 Å². The fraction of sp³-hybridized carbons (Fsp3) is 0.556. The molecule has 3 heterocycles. The maximum Gasteiger partial charge on any atom is 0.255 e. The summed E-state index contributed by atoms with van der Waals surface area (Å²) in [4.78, 5) is 19.6. The minimum atomic E-state index is 0.177. The highest BCUT2D eigenvalue weighted by atomic mass is 32.1. The van der Waals surface area contributed by atoms with Gasteiger partial charge in [-0.05, 0) is 46.6 Å². The lowest BCUT2D eigenvalue weighted by molar-refractivity contribution is 0.0706. The summed E-state index contributed by atoms with van der Waals surface area (Å²) >= 11 is 1.73. The van der Waals surface area contributed by atoms with E-state index in [1.54, 1.807) is 11.3 Å². The molecule has 0 radical (unpaired) electrons. The molecule has 5 heteroatoms. The third kappa shape index (κ3) is 3.07. The van der Waals surface area contributed by atoms with Crippen LogP contribution in [0.15, 0.2) is 11.4 Å². The standard InChI is InChI=1S/C18H25N3OS/c1-5-21-13(3)9-16(14(21)4)18(22)20-8-6-7-15(10-20)17-19-12(2)11-23-17/h9,11,15H,5-8,10H2,1-4H3. The van der Waals surface area contributed by atoms with Gasteiger partial charge in [-0.25, -0.2) is 4.98 Å². The summed E-state index contributed by atoms with van der Waals surface area (Å²) < 4.78 is 2.21. The predicted molar refractivity (Wildman–Crippen MR) is 94.3 cm³/mol. The molecule has 0 spiro atoms. The second-order valence-corrected chi connectivity index (χ2v) is 7.34. The van der Waals surface area contributed by atoms with Crippen LogP contribution in [0.2, 0.25) is 0 Å². The normalized spacial score (nSPS) is 18.4. The molecular weight excluding hydrogens is 306 g/mol. The van der Waals surface area contributed by atoms with E-state index in [0.717, 1.165) is 55.1 Å². The fourth-order valence-electron chi connectivity index (χ4n) is 3.60. The zero-order valence-electron chi connectivity index (χ0n) is 14.4. The predicted octanol–water partition coefficient (Wildman–Crippen LogP) is 3.91. The van der Waals surface area contributed by atoms with Crippen molar-refractivity contribution in [1.82, 2.24) is 14.5 Å². The van der Waals surface area contributed by atoms with Crippen molar-refractivity contribution in [2.75, 3.05) is 13.1 Å². The second-order valence-electron chi connectivity index (χ2n) is 6.45. The van der Waals surface area contributed by atoms with Crippen molar-refractivity contribution in [3.63, 3.8) is 0 Å². The molecule has 2 aromatic heterocycles. The van der Waals surface area contributed by atoms with Gasteiger partial charge in [0.05, 0.1) is 10.6 Å². The lowest BCUT2D eigenvalue weighted by Crippen LogP contribution is -2.39. The molecule has 0 saturated carbocycles. The van der Waals surface area contributed by atoms with Crippen LogP contribution >= 0.6 is 11.3 Å². The van der Waals surface area contributed by atoms with Gasteiger partial charge in [-0.15, -0.1) is 11.3 Å². The van der Waals surface area contributed by atoms with Crippen LogP contribution in [-0.4, -0.2) is 33.4 Å². The quantitative estimate of drug-likeness (QED) is 0.855. The lowest BCUT2D eigenvalue weighted by atomic mass is 9.98. The summed E-state index contributed by atoms with van der Waals surface area (Å²) in [5.74, 6) is 0.567. The van der Waals surface area contributed by atoms with Crippen LogP contribution in [0.5, 0.6) is 0 Å². The van der Waals surface area contributed by atoms with E-state index in [0.29, 0.717) is 5.92 Å². The Hall–Kier alpha value is -1.62. The smallest absolute Gasteiger partial charge is 0.255 e. The van der Waals surface area contributed by atoms with Gasteiger partial charge in [-0.3, -0.25) is 4.79 Å². The topological polar surface area (TPSA) is 38.1 Å². The number of nitrogens with zero attached hydrogens (tertiary/aromatic N) is 3. The van der Waals surface area contributed by atoms with Crippen LogP contribution in [0.3, 0.4) is 0 Å². The van der Waals surface area contributed by atoms with Crippen molar-refractivity contribution < 1.29 is 4.79 Å². The maximum atomic E-state index is 13.0. The van der Waals surface area contributed by atoms with E-state index >= 15 is 0 Å². The zero-order valence-corrected chi connectivity index (χ0v) is 15.2. The number of hydrogen-bond donors (Lipinski definition) is 0. The zero-order chi connectivity index (χ0) is 16.6. The highest BCUT2D eigenvalue weighted by Gasteiger charge is 2.28. The van der Waals surface area contributed by atoms with Crippen LogP contribution in [0.4, 0.5) is 0 Å². The van der Waals surface area contributed by atoms with E-state index in [4.69, 9.17) is 0 Å². The molecule has 1 aliphatic rings. The van der Waals surface area contributed by atoms with Crippen molar-refractivity contribution in [1.29, 1.82) is 0 Å². The molecular formula is C18H25N3OS. The van der Waals surface area contributed by atoms with E-state index < -0.39 is 0 Å². The summed E-state index contributed by atoms with van der Waals surface area (Å²) in [6, 6.07) is 2.04. The van der Waals surface area contributed by atoms with Gasteiger partial charge in [0.1, 0.15) is 0 Å². The van der Waals surface area contributed by atoms with Gasteiger partial charge in [-0.1, -0.05) is 0 Å². The summed E-state index contributed by atoms with van der Waals surface area (Å²) in [6.07, 6.45) is 2.19. The first kappa shape index (κ1) is 16.2. The number of carbonyl (C=O) groups is 1. The van der Waals surface area contributed by atoms with Gasteiger partial charge in [-0.2, -0.15) is 0 Å². The maximum absolute atomic E-state index is 13.0. The first-order chi connectivity index (χ1) is 11.0. The van der Waals surface area contributed by atoms with E-state index in [9.17, 15) is 4.79 Å². The molecule has 4 nitrogen and oxygen atoms in total. The number of piperidine rings is 1. The molecule has 1 atom stereocenters. The van der Waals surface area contributed by atoms with Gasteiger partial charge >= 0.3 is 0 Å². The largest absolute Gasteiger partial charge is 0.349 e. The molecule has 2 aromatic rings. The number of aryl methyl sites for hydroxylation is 2. The highest BCUT2D eigenvalue weighted by Crippen LogP contribution is 2.30. The van der Waals surface area contributed by atoms with Crippen LogP contribution in [-0.2, 0) is 6.54 Å². The van der Waals surface area contributed by atoms with Crippen molar-refractivity contribution in [3.8, 4) is 0 Å². The Morgan fingerprint density at radius 2 is 2.17 bits per heavy atom. The summed E-state index contributed by atoms with van der Waals surface area (Å²) in [5.41, 5.74) is 4.19. The van der Waals surface area contributed by atoms with Crippen LogP contribution < -0.4 is 0 Å². The molecule has 0 N–H and O–H groups in total. The van der Waals surface area contributed by atoms with Crippen molar-refractivity contribution in [2.45, 2.75) is 53.0 Å². The first-order valence-electron chi connectivity index (χ1n) is 8.39.